The lowest BCUT2D eigenvalue weighted by atomic mass is 9.89. The van der Waals surface area contributed by atoms with Gasteiger partial charge >= 0.3 is 0 Å². The number of carbonyl (C=O) groups is 1. The van der Waals surface area contributed by atoms with Crippen LogP contribution < -0.4 is 15.4 Å². The van der Waals surface area contributed by atoms with Crippen molar-refractivity contribution < 1.29 is 9.53 Å². The zero-order chi connectivity index (χ0) is 19.6. The maximum Gasteiger partial charge on any atom is 0.261 e. The summed E-state index contributed by atoms with van der Waals surface area (Å²) in [6.45, 7) is 2.22. The molecule has 0 aliphatic heterocycles. The number of carbonyl (C=O) groups excluding carboxylic acids is 1. The summed E-state index contributed by atoms with van der Waals surface area (Å²) in [5.41, 5.74) is 2.13. The molecule has 140 valence electrons. The third-order valence-electron chi connectivity index (χ3n) is 4.48. The molecule has 1 heterocycles. The summed E-state index contributed by atoms with van der Waals surface area (Å²) in [6, 6.07) is 7.45. The summed E-state index contributed by atoms with van der Waals surface area (Å²) in [7, 11) is 1.51. The lowest BCUT2D eigenvalue weighted by Crippen LogP contribution is -2.34. The maximum absolute atomic E-state index is 12.6. The molecule has 1 aromatic carbocycles. The van der Waals surface area contributed by atoms with Crippen molar-refractivity contribution in [2.75, 3.05) is 12.4 Å². The number of nitrogens with one attached hydrogen (secondary N) is 2. The van der Waals surface area contributed by atoms with E-state index < -0.39 is 0 Å². The topological polar surface area (TPSA) is 74.2 Å². The molecule has 1 amide bonds. The minimum absolute atomic E-state index is 0.158. The van der Waals surface area contributed by atoms with Gasteiger partial charge in [-0.3, -0.25) is 10.1 Å². The number of hydrogen-bond acceptors (Lipinski definition) is 5. The first-order chi connectivity index (χ1) is 12.9. The first kappa shape index (κ1) is 19.8. The van der Waals surface area contributed by atoms with Crippen molar-refractivity contribution in [3.63, 3.8) is 0 Å². The van der Waals surface area contributed by atoms with E-state index in [0.717, 1.165) is 29.3 Å². The van der Waals surface area contributed by atoms with Crippen molar-refractivity contribution in [1.29, 1.82) is 5.26 Å². The fraction of sp³-hybridized carbons (Fsp3) is 0.316. The van der Waals surface area contributed by atoms with E-state index in [1.54, 1.807) is 29.5 Å². The number of halogens is 1. The SMILES string of the molecule is COc1ccc(Br)cc1C(=O)NC(=S)Nc1sc2c(c1C#N)CC[C@H](C)C2. The first-order valence-electron chi connectivity index (χ1n) is 8.43. The molecular formula is C19H18BrN3O2S2. The van der Waals surface area contributed by atoms with Crippen molar-refractivity contribution in [3.8, 4) is 11.8 Å². The highest BCUT2D eigenvalue weighted by Crippen LogP contribution is 2.39. The van der Waals surface area contributed by atoms with E-state index >= 15 is 0 Å². The summed E-state index contributed by atoms with van der Waals surface area (Å²) in [5.74, 6) is 0.696. The number of thiocarbonyl (C=S) groups is 1. The number of fused-ring (bicyclic) bond motifs is 1. The molecule has 1 atom stereocenters. The highest BCUT2D eigenvalue weighted by molar-refractivity contribution is 9.10. The molecule has 1 aliphatic carbocycles. The van der Waals surface area contributed by atoms with E-state index in [-0.39, 0.29) is 11.0 Å². The molecule has 0 spiro atoms. The van der Waals surface area contributed by atoms with Crippen molar-refractivity contribution >= 4 is 55.5 Å². The van der Waals surface area contributed by atoms with Gasteiger partial charge in [0.15, 0.2) is 5.11 Å². The van der Waals surface area contributed by atoms with Gasteiger partial charge in [0.1, 0.15) is 16.8 Å². The van der Waals surface area contributed by atoms with Gasteiger partial charge in [-0.15, -0.1) is 11.3 Å². The number of amides is 1. The lowest BCUT2D eigenvalue weighted by Gasteiger charge is -2.17. The summed E-state index contributed by atoms with van der Waals surface area (Å²) in [5, 5.41) is 16.1. The molecule has 0 fully saturated rings. The second-order valence-electron chi connectivity index (χ2n) is 6.42. The van der Waals surface area contributed by atoms with Gasteiger partial charge in [0.05, 0.1) is 18.2 Å². The third kappa shape index (κ3) is 4.32. The average molecular weight is 464 g/mol. The predicted octanol–water partition coefficient (Wildman–Crippen LogP) is 4.64. The number of nitriles is 1. The molecule has 27 heavy (non-hydrogen) atoms. The molecule has 0 unspecified atom stereocenters. The highest BCUT2D eigenvalue weighted by Gasteiger charge is 2.24. The van der Waals surface area contributed by atoms with Crippen LogP contribution in [0, 0.1) is 17.2 Å². The smallest absolute Gasteiger partial charge is 0.261 e. The Bertz CT molecular complexity index is 949. The van der Waals surface area contributed by atoms with Gasteiger partial charge in [-0.25, -0.2) is 0 Å². The molecule has 0 saturated heterocycles. The number of thiophene rings is 1. The Hall–Kier alpha value is -1.95. The van der Waals surface area contributed by atoms with Gasteiger partial charge in [-0.2, -0.15) is 5.26 Å². The van der Waals surface area contributed by atoms with Gasteiger partial charge in [0.25, 0.3) is 5.91 Å². The van der Waals surface area contributed by atoms with Crippen LogP contribution in [0.15, 0.2) is 22.7 Å². The van der Waals surface area contributed by atoms with Crippen molar-refractivity contribution in [2.24, 2.45) is 5.92 Å². The molecule has 0 saturated carbocycles. The first-order valence-corrected chi connectivity index (χ1v) is 10.4. The molecule has 1 aromatic heterocycles. The number of ether oxygens (including phenoxy) is 1. The summed E-state index contributed by atoms with van der Waals surface area (Å²) >= 11 is 10.2. The van der Waals surface area contributed by atoms with E-state index in [9.17, 15) is 10.1 Å². The number of methoxy groups -OCH3 is 1. The zero-order valence-electron chi connectivity index (χ0n) is 14.9. The Morgan fingerprint density at radius 2 is 2.26 bits per heavy atom. The molecule has 8 heteroatoms. The zero-order valence-corrected chi connectivity index (χ0v) is 18.1. The summed E-state index contributed by atoms with van der Waals surface area (Å²) in [4.78, 5) is 13.8. The Labute approximate surface area is 175 Å². The molecule has 3 rings (SSSR count). The van der Waals surface area contributed by atoms with E-state index in [2.05, 4.69) is 39.6 Å². The second kappa shape index (κ2) is 8.38. The lowest BCUT2D eigenvalue weighted by molar-refractivity contribution is 0.0974. The highest BCUT2D eigenvalue weighted by atomic mass is 79.9. The fourth-order valence-electron chi connectivity index (χ4n) is 3.12. The number of rotatable bonds is 3. The van der Waals surface area contributed by atoms with Crippen LogP contribution in [0.5, 0.6) is 5.75 Å². The Morgan fingerprint density at radius 1 is 1.48 bits per heavy atom. The van der Waals surface area contributed by atoms with Gasteiger partial charge in [0.2, 0.25) is 0 Å². The largest absolute Gasteiger partial charge is 0.496 e. The van der Waals surface area contributed by atoms with Crippen LogP contribution in [0.4, 0.5) is 5.00 Å². The van der Waals surface area contributed by atoms with Crippen LogP contribution in [0.1, 0.15) is 39.7 Å². The van der Waals surface area contributed by atoms with E-state index in [0.29, 0.717) is 27.8 Å². The Balaban J connectivity index is 1.76. The van der Waals surface area contributed by atoms with Crippen LogP contribution in [0.3, 0.4) is 0 Å². The normalized spacial score (nSPS) is 15.4. The fourth-order valence-corrected chi connectivity index (χ4v) is 5.11. The van der Waals surface area contributed by atoms with Crippen LogP contribution in [-0.2, 0) is 12.8 Å². The molecule has 2 aromatic rings. The molecule has 0 radical (unpaired) electrons. The average Bonchev–Trinajstić information content (AvgIpc) is 2.97. The van der Waals surface area contributed by atoms with E-state index in [4.69, 9.17) is 17.0 Å². The van der Waals surface area contributed by atoms with E-state index in [1.807, 2.05) is 0 Å². The molecule has 5 nitrogen and oxygen atoms in total. The Morgan fingerprint density at radius 3 is 2.96 bits per heavy atom. The minimum atomic E-state index is -0.376. The third-order valence-corrected chi connectivity index (χ3v) is 6.35. The summed E-state index contributed by atoms with van der Waals surface area (Å²) in [6.07, 6.45) is 2.97. The molecule has 2 N–H and O–H groups in total. The molecule has 1 aliphatic rings. The summed E-state index contributed by atoms with van der Waals surface area (Å²) < 4.78 is 6.00. The molecule has 0 bridgehead atoms. The quantitative estimate of drug-likeness (QED) is 0.648. The van der Waals surface area contributed by atoms with Crippen LogP contribution >= 0.6 is 39.5 Å². The number of anilines is 1. The van der Waals surface area contributed by atoms with Crippen molar-refractivity contribution in [2.45, 2.75) is 26.2 Å². The number of benzene rings is 1. The van der Waals surface area contributed by atoms with Crippen LogP contribution in [0.2, 0.25) is 0 Å². The van der Waals surface area contributed by atoms with E-state index in [1.165, 1.54) is 12.0 Å². The van der Waals surface area contributed by atoms with Crippen molar-refractivity contribution in [3.05, 3.63) is 44.2 Å². The van der Waals surface area contributed by atoms with Crippen molar-refractivity contribution in [1.82, 2.24) is 5.32 Å². The van der Waals surface area contributed by atoms with Gasteiger partial charge in [-0.05, 0) is 61.2 Å². The van der Waals surface area contributed by atoms with Crippen LogP contribution in [-0.4, -0.2) is 18.1 Å². The number of nitrogens with zero attached hydrogens (tertiary/aromatic N) is 1. The standard InChI is InChI=1S/C19H18BrN3O2S2/c1-10-3-5-12-14(9-21)18(27-16(12)7-10)23-19(26)22-17(24)13-8-11(20)4-6-15(13)25-2/h4,6,8,10H,3,5,7H2,1-2H3,(H2,22,23,24,26)/t10-/m0/s1. The van der Waals surface area contributed by atoms with Crippen LogP contribution in [0.25, 0.3) is 0 Å². The van der Waals surface area contributed by atoms with Gasteiger partial charge in [-0.1, -0.05) is 22.9 Å². The maximum atomic E-state index is 12.6. The molecular weight excluding hydrogens is 446 g/mol. The second-order valence-corrected chi connectivity index (χ2v) is 8.85. The minimum Gasteiger partial charge on any atom is -0.496 e. The van der Waals surface area contributed by atoms with Gasteiger partial charge < -0.3 is 10.1 Å². The number of hydrogen-bond donors (Lipinski definition) is 2. The predicted molar refractivity (Wildman–Crippen MR) is 115 cm³/mol. The Kier molecular flexibility index (Phi) is 6.15. The van der Waals surface area contributed by atoms with Gasteiger partial charge in [0, 0.05) is 9.35 Å². The monoisotopic (exact) mass is 463 g/mol.